The topological polar surface area (TPSA) is 83.0 Å². The number of halogens is 2. The molecule has 9 heteroatoms. The summed E-state index contributed by atoms with van der Waals surface area (Å²) in [4.78, 5) is 30.6. The lowest BCUT2D eigenvalue weighted by Crippen LogP contribution is -2.38. The van der Waals surface area contributed by atoms with Gasteiger partial charge in [-0.3, -0.25) is 14.6 Å². The molecule has 0 aliphatic carbocycles. The van der Waals surface area contributed by atoms with Crippen molar-refractivity contribution in [2.75, 3.05) is 33.3 Å². The molecule has 2 rings (SSSR count). The third kappa shape index (κ3) is 7.15. The molecular formula is C16H25Cl2N3O4. The van der Waals surface area contributed by atoms with Gasteiger partial charge in [0.25, 0.3) is 0 Å². The van der Waals surface area contributed by atoms with E-state index in [1.54, 1.807) is 19.2 Å². The molecule has 25 heavy (non-hydrogen) atoms. The average molecular weight is 394 g/mol. The molecule has 1 atom stereocenters. The molecule has 1 aliphatic rings. The quantitative estimate of drug-likeness (QED) is 0.705. The molecule has 1 saturated heterocycles. The average Bonchev–Trinajstić information content (AvgIpc) is 2.96. The van der Waals surface area contributed by atoms with Crippen LogP contribution in [0.2, 0.25) is 0 Å². The number of aromatic carboxylic acids is 1. The molecule has 1 aliphatic heterocycles. The van der Waals surface area contributed by atoms with Crippen LogP contribution < -0.4 is 0 Å². The largest absolute Gasteiger partial charge is 0.477 e. The van der Waals surface area contributed by atoms with Crippen molar-refractivity contribution < 1.29 is 19.4 Å². The Kier molecular flexibility index (Phi) is 10.6. The SMILES string of the molecule is CCOC(=O)CN(C)[C@@H]1CCN(Cc2ccc(C(=O)O)nc2)C1.Cl.Cl. The first-order valence-electron chi connectivity index (χ1n) is 7.76. The van der Waals surface area contributed by atoms with Crippen molar-refractivity contribution in [1.29, 1.82) is 0 Å². The van der Waals surface area contributed by atoms with E-state index in [1.807, 2.05) is 11.9 Å². The van der Waals surface area contributed by atoms with Gasteiger partial charge in [-0.1, -0.05) is 6.07 Å². The van der Waals surface area contributed by atoms with Gasteiger partial charge >= 0.3 is 11.9 Å². The predicted octanol–water partition coefficient (Wildman–Crippen LogP) is 1.69. The molecule has 0 amide bonds. The van der Waals surface area contributed by atoms with Crippen LogP contribution in [0.25, 0.3) is 0 Å². The summed E-state index contributed by atoms with van der Waals surface area (Å²) in [7, 11) is 1.94. The van der Waals surface area contributed by atoms with E-state index in [-0.39, 0.29) is 36.5 Å². The zero-order valence-electron chi connectivity index (χ0n) is 14.4. The first-order chi connectivity index (χ1) is 11.0. The molecule has 0 radical (unpaired) electrons. The standard InChI is InChI=1S/C16H23N3O4.2ClH/c1-3-23-15(20)11-18(2)13-6-7-19(10-13)9-12-4-5-14(16(21)22)17-8-12;;/h4-5,8,13H,3,6-7,9-11H2,1-2H3,(H,21,22);2*1H/t13-;;/m1../s1. The zero-order valence-corrected chi connectivity index (χ0v) is 16.0. The minimum atomic E-state index is -1.02. The molecule has 1 aromatic rings. The molecule has 7 nitrogen and oxygen atoms in total. The molecule has 1 N–H and O–H groups in total. The summed E-state index contributed by atoms with van der Waals surface area (Å²) in [5.41, 5.74) is 1.05. The number of hydrogen-bond acceptors (Lipinski definition) is 6. The van der Waals surface area contributed by atoms with Crippen LogP contribution in [0.4, 0.5) is 0 Å². The van der Waals surface area contributed by atoms with Gasteiger partial charge < -0.3 is 9.84 Å². The van der Waals surface area contributed by atoms with Gasteiger partial charge in [0.1, 0.15) is 5.69 Å². The molecule has 2 heterocycles. The molecule has 142 valence electrons. The number of carboxylic acids is 1. The number of carbonyl (C=O) groups excluding carboxylic acids is 1. The summed E-state index contributed by atoms with van der Waals surface area (Å²) in [6, 6.07) is 3.65. The van der Waals surface area contributed by atoms with Crippen molar-refractivity contribution in [3.05, 3.63) is 29.6 Å². The molecule has 0 saturated carbocycles. The fourth-order valence-electron chi connectivity index (χ4n) is 2.76. The van der Waals surface area contributed by atoms with Gasteiger partial charge in [0.2, 0.25) is 0 Å². The van der Waals surface area contributed by atoms with Crippen LogP contribution in [0.3, 0.4) is 0 Å². The molecule has 0 bridgehead atoms. The maximum absolute atomic E-state index is 11.5. The summed E-state index contributed by atoms with van der Waals surface area (Å²) in [5, 5.41) is 8.85. The molecule has 0 aromatic carbocycles. The maximum atomic E-state index is 11.5. The Labute approximate surface area is 160 Å². The van der Waals surface area contributed by atoms with Crippen LogP contribution in [0.1, 0.15) is 29.4 Å². The maximum Gasteiger partial charge on any atom is 0.354 e. The van der Waals surface area contributed by atoms with Crippen LogP contribution in [-0.4, -0.2) is 71.2 Å². The van der Waals surface area contributed by atoms with E-state index in [4.69, 9.17) is 9.84 Å². The minimum absolute atomic E-state index is 0. The van der Waals surface area contributed by atoms with Crippen LogP contribution in [0.5, 0.6) is 0 Å². The van der Waals surface area contributed by atoms with Crippen molar-refractivity contribution in [3.63, 3.8) is 0 Å². The van der Waals surface area contributed by atoms with Gasteiger partial charge in [0.05, 0.1) is 13.2 Å². The number of carboxylic acid groups (broad SMARTS) is 1. The highest BCUT2D eigenvalue weighted by atomic mass is 35.5. The second kappa shape index (κ2) is 11.3. The number of carbonyl (C=O) groups is 2. The van der Waals surface area contributed by atoms with Crippen LogP contribution in [0.15, 0.2) is 18.3 Å². The van der Waals surface area contributed by atoms with E-state index < -0.39 is 5.97 Å². The van der Waals surface area contributed by atoms with Gasteiger partial charge in [-0.05, 0) is 32.0 Å². The summed E-state index contributed by atoms with van der Waals surface area (Å²) in [5.74, 6) is -1.21. The monoisotopic (exact) mass is 393 g/mol. The fourth-order valence-corrected chi connectivity index (χ4v) is 2.76. The van der Waals surface area contributed by atoms with E-state index in [0.717, 1.165) is 31.6 Å². The van der Waals surface area contributed by atoms with Crippen molar-refractivity contribution in [1.82, 2.24) is 14.8 Å². The fraction of sp³-hybridized carbons (Fsp3) is 0.562. The van der Waals surface area contributed by atoms with Gasteiger partial charge in [0.15, 0.2) is 0 Å². The highest BCUT2D eigenvalue weighted by Gasteiger charge is 2.27. The minimum Gasteiger partial charge on any atom is -0.477 e. The van der Waals surface area contributed by atoms with E-state index in [9.17, 15) is 9.59 Å². The Bertz CT molecular complexity index is 557. The van der Waals surface area contributed by atoms with Gasteiger partial charge in [0, 0.05) is 31.9 Å². The van der Waals surface area contributed by atoms with Crippen molar-refractivity contribution >= 4 is 36.8 Å². The smallest absolute Gasteiger partial charge is 0.354 e. The summed E-state index contributed by atoms with van der Waals surface area (Å²) >= 11 is 0. The third-order valence-electron chi connectivity index (χ3n) is 4.00. The van der Waals surface area contributed by atoms with E-state index in [2.05, 4.69) is 9.88 Å². The first-order valence-corrected chi connectivity index (χ1v) is 7.76. The van der Waals surface area contributed by atoms with Crippen LogP contribution >= 0.6 is 24.8 Å². The highest BCUT2D eigenvalue weighted by molar-refractivity contribution is 5.86. The Hall–Kier alpha value is -1.41. The predicted molar refractivity (Wildman–Crippen MR) is 98.6 cm³/mol. The Morgan fingerprint density at radius 1 is 1.40 bits per heavy atom. The third-order valence-corrected chi connectivity index (χ3v) is 4.00. The van der Waals surface area contributed by atoms with Crippen molar-refractivity contribution in [2.45, 2.75) is 25.9 Å². The number of likely N-dealkylation sites (N-methyl/N-ethyl adjacent to an activating group) is 1. The highest BCUT2D eigenvalue weighted by Crippen LogP contribution is 2.17. The lowest BCUT2D eigenvalue weighted by atomic mass is 10.2. The lowest BCUT2D eigenvalue weighted by molar-refractivity contribution is -0.144. The van der Waals surface area contributed by atoms with E-state index in [0.29, 0.717) is 19.2 Å². The summed E-state index contributed by atoms with van der Waals surface area (Å²) < 4.78 is 4.97. The number of esters is 1. The molecule has 1 fully saturated rings. The Morgan fingerprint density at radius 2 is 2.12 bits per heavy atom. The number of rotatable bonds is 7. The summed E-state index contributed by atoms with van der Waals surface area (Å²) in [6.45, 7) is 5.06. The second-order valence-electron chi connectivity index (χ2n) is 5.75. The number of aromatic nitrogens is 1. The van der Waals surface area contributed by atoms with Crippen LogP contribution in [0, 0.1) is 0 Å². The number of nitrogens with zero attached hydrogens (tertiary/aromatic N) is 3. The van der Waals surface area contributed by atoms with Gasteiger partial charge in [-0.25, -0.2) is 9.78 Å². The molecule has 0 spiro atoms. The lowest BCUT2D eigenvalue weighted by Gasteiger charge is -2.23. The van der Waals surface area contributed by atoms with E-state index in [1.165, 1.54) is 6.07 Å². The van der Waals surface area contributed by atoms with Crippen LogP contribution in [-0.2, 0) is 16.1 Å². The molecular weight excluding hydrogens is 369 g/mol. The van der Waals surface area contributed by atoms with Crippen molar-refractivity contribution in [2.24, 2.45) is 0 Å². The van der Waals surface area contributed by atoms with Gasteiger partial charge in [-0.2, -0.15) is 0 Å². The number of likely N-dealkylation sites (tertiary alicyclic amines) is 1. The number of pyridine rings is 1. The first kappa shape index (κ1) is 23.6. The zero-order chi connectivity index (χ0) is 16.8. The number of hydrogen-bond donors (Lipinski definition) is 1. The molecule has 0 unspecified atom stereocenters. The normalized spacial score (nSPS) is 16.8. The van der Waals surface area contributed by atoms with Crippen molar-refractivity contribution in [3.8, 4) is 0 Å². The Morgan fingerprint density at radius 3 is 2.68 bits per heavy atom. The van der Waals surface area contributed by atoms with Gasteiger partial charge in [-0.15, -0.1) is 24.8 Å². The van der Waals surface area contributed by atoms with E-state index >= 15 is 0 Å². The second-order valence-corrected chi connectivity index (χ2v) is 5.75. The Balaban J connectivity index is 0.00000288. The molecule has 1 aromatic heterocycles. The number of ether oxygens (including phenoxy) is 1. The summed E-state index contributed by atoms with van der Waals surface area (Å²) in [6.07, 6.45) is 2.61.